The van der Waals surface area contributed by atoms with Gasteiger partial charge in [0.15, 0.2) is 0 Å². The molecule has 22 heavy (non-hydrogen) atoms. The second-order valence-corrected chi connectivity index (χ2v) is 8.11. The number of hydrogen-bond acceptors (Lipinski definition) is 3. The Morgan fingerprint density at radius 3 is 2.86 bits per heavy atom. The number of rotatable bonds is 6. The van der Waals surface area contributed by atoms with Gasteiger partial charge in [-0.15, -0.1) is 11.3 Å². The average Bonchev–Trinajstić information content (AvgIpc) is 2.90. The van der Waals surface area contributed by atoms with Gasteiger partial charge in [0, 0.05) is 28.3 Å². The fraction of sp³-hybridized carbons (Fsp3) is 0.688. The van der Waals surface area contributed by atoms with Crippen molar-refractivity contribution in [2.24, 2.45) is 5.92 Å². The molecule has 0 bridgehead atoms. The van der Waals surface area contributed by atoms with Crippen LogP contribution in [0.15, 0.2) is 15.9 Å². The molecule has 1 aromatic rings. The molecule has 1 fully saturated rings. The summed E-state index contributed by atoms with van der Waals surface area (Å²) in [6.45, 7) is 7.26. The van der Waals surface area contributed by atoms with Crippen molar-refractivity contribution in [3.63, 3.8) is 0 Å². The normalized spacial score (nSPS) is 16.7. The summed E-state index contributed by atoms with van der Waals surface area (Å²) in [4.78, 5) is 17.5. The van der Waals surface area contributed by atoms with E-state index in [1.807, 2.05) is 12.4 Å². The van der Waals surface area contributed by atoms with E-state index in [1.165, 1.54) is 30.8 Å². The summed E-state index contributed by atoms with van der Waals surface area (Å²) < 4.78 is 1.08. The van der Waals surface area contributed by atoms with Crippen molar-refractivity contribution < 1.29 is 4.79 Å². The summed E-state index contributed by atoms with van der Waals surface area (Å²) in [5.74, 6) is 0.877. The SMILES string of the molecule is CC1CCN(CCCNC(=O)N(C)Cc2cc(Br)cs2)CC1. The molecular formula is C16H26BrN3OS. The van der Waals surface area contributed by atoms with Crippen molar-refractivity contribution in [2.75, 3.05) is 33.2 Å². The summed E-state index contributed by atoms with van der Waals surface area (Å²) >= 11 is 5.11. The van der Waals surface area contributed by atoms with E-state index in [0.29, 0.717) is 6.54 Å². The molecule has 2 rings (SSSR count). The minimum atomic E-state index is 0.0109. The molecule has 0 saturated carbocycles. The first-order valence-corrected chi connectivity index (χ1v) is 9.66. The first kappa shape index (κ1) is 17.8. The lowest BCUT2D eigenvalue weighted by atomic mass is 9.99. The Labute approximate surface area is 146 Å². The number of nitrogens with one attached hydrogen (secondary N) is 1. The van der Waals surface area contributed by atoms with Gasteiger partial charge in [-0.2, -0.15) is 0 Å². The zero-order valence-corrected chi connectivity index (χ0v) is 15.9. The summed E-state index contributed by atoms with van der Waals surface area (Å²) in [5.41, 5.74) is 0. The van der Waals surface area contributed by atoms with E-state index in [9.17, 15) is 4.79 Å². The third kappa shape index (κ3) is 5.89. The van der Waals surface area contributed by atoms with E-state index in [0.717, 1.165) is 29.9 Å². The number of likely N-dealkylation sites (tertiary alicyclic amines) is 1. The van der Waals surface area contributed by atoms with Gasteiger partial charge in [-0.3, -0.25) is 0 Å². The molecule has 0 radical (unpaired) electrons. The minimum absolute atomic E-state index is 0.0109. The summed E-state index contributed by atoms with van der Waals surface area (Å²) in [5, 5.41) is 5.05. The van der Waals surface area contributed by atoms with Crippen LogP contribution in [-0.4, -0.2) is 49.1 Å². The number of carbonyl (C=O) groups is 1. The van der Waals surface area contributed by atoms with Gasteiger partial charge in [0.1, 0.15) is 0 Å². The van der Waals surface area contributed by atoms with Crippen LogP contribution in [0.1, 0.15) is 31.1 Å². The van der Waals surface area contributed by atoms with Gasteiger partial charge in [0.2, 0.25) is 0 Å². The third-order valence-corrected chi connectivity index (χ3v) is 5.85. The van der Waals surface area contributed by atoms with Crippen LogP contribution in [0.25, 0.3) is 0 Å². The Kier molecular flexibility index (Phi) is 7.18. The Morgan fingerprint density at radius 1 is 1.50 bits per heavy atom. The Balaban J connectivity index is 1.59. The number of amides is 2. The van der Waals surface area contributed by atoms with Crippen molar-refractivity contribution in [2.45, 2.75) is 32.7 Å². The van der Waals surface area contributed by atoms with E-state index >= 15 is 0 Å². The van der Waals surface area contributed by atoms with Gasteiger partial charge >= 0.3 is 6.03 Å². The molecule has 6 heteroatoms. The molecule has 124 valence electrons. The van der Waals surface area contributed by atoms with E-state index in [4.69, 9.17) is 0 Å². The van der Waals surface area contributed by atoms with Crippen LogP contribution < -0.4 is 5.32 Å². The molecule has 1 aliphatic rings. The van der Waals surface area contributed by atoms with E-state index in [2.05, 4.69) is 39.1 Å². The number of hydrogen-bond donors (Lipinski definition) is 1. The van der Waals surface area contributed by atoms with Crippen LogP contribution in [0.5, 0.6) is 0 Å². The highest BCUT2D eigenvalue weighted by molar-refractivity contribution is 9.10. The minimum Gasteiger partial charge on any atom is -0.338 e. The van der Waals surface area contributed by atoms with Gasteiger partial charge in [-0.1, -0.05) is 6.92 Å². The van der Waals surface area contributed by atoms with Gasteiger partial charge in [-0.25, -0.2) is 4.79 Å². The van der Waals surface area contributed by atoms with Gasteiger partial charge in [0.25, 0.3) is 0 Å². The molecular weight excluding hydrogens is 362 g/mol. The molecule has 1 N–H and O–H groups in total. The van der Waals surface area contributed by atoms with Crippen molar-refractivity contribution in [1.82, 2.24) is 15.1 Å². The maximum absolute atomic E-state index is 12.0. The number of piperidine rings is 1. The molecule has 1 saturated heterocycles. The quantitative estimate of drug-likeness (QED) is 0.753. The third-order valence-electron chi connectivity index (χ3n) is 4.17. The molecule has 2 amide bonds. The zero-order chi connectivity index (χ0) is 15.9. The number of nitrogens with zero attached hydrogens (tertiary/aromatic N) is 2. The Morgan fingerprint density at radius 2 is 2.23 bits per heavy atom. The molecule has 0 spiro atoms. The second kappa shape index (κ2) is 8.89. The van der Waals surface area contributed by atoms with Gasteiger partial charge < -0.3 is 15.1 Å². The smallest absolute Gasteiger partial charge is 0.317 e. The van der Waals surface area contributed by atoms with Crippen LogP contribution in [0, 0.1) is 5.92 Å². The fourth-order valence-corrected chi connectivity index (χ4v) is 4.16. The van der Waals surface area contributed by atoms with Crippen LogP contribution in [0.2, 0.25) is 0 Å². The summed E-state index contributed by atoms with van der Waals surface area (Å²) in [6.07, 6.45) is 3.65. The van der Waals surface area contributed by atoms with E-state index < -0.39 is 0 Å². The van der Waals surface area contributed by atoms with Crippen LogP contribution in [-0.2, 0) is 6.54 Å². The van der Waals surface area contributed by atoms with Crippen LogP contribution >= 0.6 is 27.3 Å². The highest BCUT2D eigenvalue weighted by atomic mass is 79.9. The number of carbonyl (C=O) groups excluding carboxylic acids is 1. The van der Waals surface area contributed by atoms with Crippen LogP contribution in [0.3, 0.4) is 0 Å². The van der Waals surface area contributed by atoms with Crippen molar-refractivity contribution >= 4 is 33.3 Å². The molecule has 0 atom stereocenters. The second-order valence-electron chi connectivity index (χ2n) is 6.20. The predicted molar refractivity (Wildman–Crippen MR) is 96.3 cm³/mol. The zero-order valence-electron chi connectivity index (χ0n) is 13.5. The summed E-state index contributed by atoms with van der Waals surface area (Å²) in [7, 11) is 1.84. The van der Waals surface area contributed by atoms with Crippen LogP contribution in [0.4, 0.5) is 4.79 Å². The van der Waals surface area contributed by atoms with Crippen molar-refractivity contribution in [3.05, 3.63) is 20.8 Å². The maximum Gasteiger partial charge on any atom is 0.317 e. The number of thiophene rings is 1. The van der Waals surface area contributed by atoms with E-state index in [-0.39, 0.29) is 6.03 Å². The largest absolute Gasteiger partial charge is 0.338 e. The lowest BCUT2D eigenvalue weighted by Gasteiger charge is -2.30. The lowest BCUT2D eigenvalue weighted by Crippen LogP contribution is -2.39. The average molecular weight is 388 g/mol. The standard InChI is InChI=1S/C16H26BrN3OS/c1-13-4-8-20(9-5-13)7-3-6-18-16(21)19(2)11-15-10-14(17)12-22-15/h10,12-13H,3-9,11H2,1-2H3,(H,18,21). The highest BCUT2D eigenvalue weighted by Crippen LogP contribution is 2.20. The predicted octanol–water partition coefficient (Wildman–Crippen LogP) is 3.77. The van der Waals surface area contributed by atoms with Crippen molar-refractivity contribution in [3.8, 4) is 0 Å². The first-order chi connectivity index (χ1) is 10.5. The Bertz CT molecular complexity index is 472. The molecule has 0 aliphatic carbocycles. The number of urea groups is 1. The summed E-state index contributed by atoms with van der Waals surface area (Å²) in [6, 6.07) is 2.07. The maximum atomic E-state index is 12.0. The van der Waals surface area contributed by atoms with Gasteiger partial charge in [-0.05, 0) is 66.8 Å². The molecule has 0 aromatic carbocycles. The Hall–Kier alpha value is -0.590. The number of halogens is 1. The lowest BCUT2D eigenvalue weighted by molar-refractivity contribution is 0.187. The topological polar surface area (TPSA) is 35.6 Å². The molecule has 0 unspecified atom stereocenters. The monoisotopic (exact) mass is 387 g/mol. The fourth-order valence-electron chi connectivity index (χ4n) is 2.66. The molecule has 1 aliphatic heterocycles. The molecule has 4 nitrogen and oxygen atoms in total. The first-order valence-electron chi connectivity index (χ1n) is 7.99. The van der Waals surface area contributed by atoms with Gasteiger partial charge in [0.05, 0.1) is 6.54 Å². The van der Waals surface area contributed by atoms with E-state index in [1.54, 1.807) is 16.2 Å². The highest BCUT2D eigenvalue weighted by Gasteiger charge is 2.15. The van der Waals surface area contributed by atoms with Crippen molar-refractivity contribution in [1.29, 1.82) is 0 Å². The molecule has 2 heterocycles. The molecule has 1 aromatic heterocycles.